The summed E-state index contributed by atoms with van der Waals surface area (Å²) >= 11 is 0. The molecule has 2 N–H and O–H groups in total. The van der Waals surface area contributed by atoms with E-state index in [1.54, 1.807) is 25.3 Å². The molecule has 2 aromatic rings. The van der Waals surface area contributed by atoms with Crippen LogP contribution in [0.3, 0.4) is 0 Å². The lowest BCUT2D eigenvalue weighted by Crippen LogP contribution is -2.48. The van der Waals surface area contributed by atoms with E-state index in [-0.39, 0.29) is 12.5 Å². The van der Waals surface area contributed by atoms with Gasteiger partial charge in [0, 0.05) is 19.2 Å². The number of aromatic nitrogens is 1. The number of hydrogen-bond acceptors (Lipinski definition) is 6. The van der Waals surface area contributed by atoms with Crippen molar-refractivity contribution in [1.29, 1.82) is 0 Å². The van der Waals surface area contributed by atoms with Crippen molar-refractivity contribution < 1.29 is 19.1 Å². The number of fused-ring (bicyclic) bond motifs is 1. The summed E-state index contributed by atoms with van der Waals surface area (Å²) in [6, 6.07) is 5.36. The van der Waals surface area contributed by atoms with Crippen molar-refractivity contribution in [2.45, 2.75) is 19.1 Å². The Kier molecular flexibility index (Phi) is 4.49. The van der Waals surface area contributed by atoms with Gasteiger partial charge in [-0.05, 0) is 25.6 Å². The summed E-state index contributed by atoms with van der Waals surface area (Å²) in [6.45, 7) is 1.55. The van der Waals surface area contributed by atoms with Crippen LogP contribution < -0.4 is 10.1 Å². The number of carbonyl (C=O) groups excluding carboxylic acids is 1. The first-order valence-corrected chi connectivity index (χ1v) is 7.64. The van der Waals surface area contributed by atoms with Crippen LogP contribution in [0.4, 0.5) is 0 Å². The molecule has 0 aliphatic carbocycles. The minimum absolute atomic E-state index is 0.177. The van der Waals surface area contributed by atoms with E-state index in [4.69, 9.17) is 9.15 Å². The number of carbonyl (C=O) groups is 1. The molecule has 0 saturated carbocycles. The quantitative estimate of drug-likeness (QED) is 0.865. The molecular formula is C16H21N3O4. The van der Waals surface area contributed by atoms with Gasteiger partial charge in [-0.25, -0.2) is 4.98 Å². The molecule has 3 rings (SSSR count). The fourth-order valence-corrected chi connectivity index (χ4v) is 2.81. The maximum absolute atomic E-state index is 12.3. The second-order valence-electron chi connectivity index (χ2n) is 5.88. The molecule has 7 heteroatoms. The number of oxazole rings is 1. The molecule has 7 nitrogen and oxygen atoms in total. The molecule has 0 spiro atoms. The molecular weight excluding hydrogens is 298 g/mol. The first kappa shape index (κ1) is 15.8. The number of ether oxygens (including phenoxy) is 1. The Labute approximate surface area is 134 Å². The van der Waals surface area contributed by atoms with Gasteiger partial charge in [-0.3, -0.25) is 4.79 Å². The summed E-state index contributed by atoms with van der Waals surface area (Å²) in [5.41, 5.74) is 1.33. The maximum atomic E-state index is 12.3. The van der Waals surface area contributed by atoms with E-state index >= 15 is 0 Å². The molecule has 124 valence electrons. The fraction of sp³-hybridized carbons (Fsp3) is 0.500. The van der Waals surface area contributed by atoms with E-state index in [0.29, 0.717) is 35.7 Å². The topological polar surface area (TPSA) is 87.8 Å². The van der Waals surface area contributed by atoms with Gasteiger partial charge in [0.05, 0.1) is 25.7 Å². The van der Waals surface area contributed by atoms with E-state index in [1.807, 2.05) is 11.9 Å². The SMILES string of the molecule is COc1ccc2oc(CNC(=O)[C@@H]3CN(C)CC[C@@H]3O)nc2c1. The van der Waals surface area contributed by atoms with E-state index in [0.717, 1.165) is 6.54 Å². The van der Waals surface area contributed by atoms with Crippen LogP contribution >= 0.6 is 0 Å². The molecule has 1 amide bonds. The number of nitrogens with zero attached hydrogens (tertiary/aromatic N) is 2. The van der Waals surface area contributed by atoms with Crippen LogP contribution in [0.25, 0.3) is 11.1 Å². The van der Waals surface area contributed by atoms with Crippen molar-refractivity contribution in [1.82, 2.24) is 15.2 Å². The molecule has 1 aliphatic heterocycles. The molecule has 0 unspecified atom stereocenters. The lowest BCUT2D eigenvalue weighted by molar-refractivity contribution is -0.131. The highest BCUT2D eigenvalue weighted by molar-refractivity contribution is 5.79. The number of likely N-dealkylation sites (tertiary alicyclic amines) is 1. The summed E-state index contributed by atoms with van der Waals surface area (Å²) in [5.74, 6) is 0.539. The first-order chi connectivity index (χ1) is 11.1. The zero-order valence-electron chi connectivity index (χ0n) is 13.3. The Bertz CT molecular complexity index is 700. The Morgan fingerprint density at radius 2 is 2.39 bits per heavy atom. The van der Waals surface area contributed by atoms with Crippen molar-refractivity contribution in [2.75, 3.05) is 27.2 Å². The Hall–Kier alpha value is -2.12. The van der Waals surface area contributed by atoms with Crippen molar-refractivity contribution in [3.05, 3.63) is 24.1 Å². The molecule has 1 aromatic heterocycles. The zero-order valence-corrected chi connectivity index (χ0v) is 13.3. The number of amides is 1. The predicted octanol–water partition coefficient (Wildman–Crippen LogP) is 0.765. The number of benzene rings is 1. The standard InChI is InChI=1S/C16H21N3O4/c1-19-6-5-13(20)11(9-19)16(21)17-8-15-18-12-7-10(22-2)3-4-14(12)23-15/h3-4,7,11,13,20H,5-6,8-9H2,1-2H3,(H,17,21)/t11-,13+/m1/s1. The third-order valence-corrected chi connectivity index (χ3v) is 4.17. The van der Waals surface area contributed by atoms with Gasteiger partial charge in [0.15, 0.2) is 5.58 Å². The summed E-state index contributed by atoms with van der Waals surface area (Å²) < 4.78 is 10.7. The average molecular weight is 319 g/mol. The molecule has 1 fully saturated rings. The molecule has 0 radical (unpaired) electrons. The number of hydrogen-bond donors (Lipinski definition) is 2. The highest BCUT2D eigenvalue weighted by Crippen LogP contribution is 2.21. The van der Waals surface area contributed by atoms with Gasteiger partial charge in [-0.1, -0.05) is 0 Å². The highest BCUT2D eigenvalue weighted by Gasteiger charge is 2.31. The highest BCUT2D eigenvalue weighted by atomic mass is 16.5. The van der Waals surface area contributed by atoms with Crippen LogP contribution in [0.15, 0.2) is 22.6 Å². The van der Waals surface area contributed by atoms with Crippen LogP contribution in [0, 0.1) is 5.92 Å². The summed E-state index contributed by atoms with van der Waals surface area (Å²) in [4.78, 5) is 18.6. The van der Waals surface area contributed by atoms with Crippen LogP contribution in [-0.4, -0.2) is 54.2 Å². The maximum Gasteiger partial charge on any atom is 0.227 e. The molecule has 23 heavy (non-hydrogen) atoms. The second-order valence-corrected chi connectivity index (χ2v) is 5.88. The summed E-state index contributed by atoms with van der Waals surface area (Å²) in [6.07, 6.45) is 0.0103. The Morgan fingerprint density at radius 1 is 1.57 bits per heavy atom. The van der Waals surface area contributed by atoms with Crippen LogP contribution in [0.1, 0.15) is 12.3 Å². The molecule has 2 atom stereocenters. The normalized spacial score (nSPS) is 22.2. The van der Waals surface area contributed by atoms with Gasteiger partial charge in [0.2, 0.25) is 11.8 Å². The first-order valence-electron chi connectivity index (χ1n) is 7.64. The lowest BCUT2D eigenvalue weighted by atomic mass is 9.94. The second kappa shape index (κ2) is 6.55. The van der Waals surface area contributed by atoms with Crippen molar-refractivity contribution in [2.24, 2.45) is 5.92 Å². The van der Waals surface area contributed by atoms with Crippen LogP contribution in [0.5, 0.6) is 5.75 Å². The number of piperidine rings is 1. The van der Waals surface area contributed by atoms with Gasteiger partial charge in [0.1, 0.15) is 11.3 Å². The van der Waals surface area contributed by atoms with E-state index in [2.05, 4.69) is 10.3 Å². The van der Waals surface area contributed by atoms with Crippen molar-refractivity contribution >= 4 is 17.0 Å². The summed E-state index contributed by atoms with van der Waals surface area (Å²) in [7, 11) is 3.54. The van der Waals surface area contributed by atoms with E-state index < -0.39 is 12.0 Å². The molecule has 1 aliphatic rings. The Morgan fingerprint density at radius 3 is 3.17 bits per heavy atom. The third kappa shape index (κ3) is 3.46. The smallest absolute Gasteiger partial charge is 0.227 e. The van der Waals surface area contributed by atoms with Gasteiger partial charge in [-0.2, -0.15) is 0 Å². The van der Waals surface area contributed by atoms with Crippen LogP contribution in [-0.2, 0) is 11.3 Å². The molecule has 2 heterocycles. The third-order valence-electron chi connectivity index (χ3n) is 4.17. The minimum atomic E-state index is -0.598. The number of rotatable bonds is 4. The average Bonchev–Trinajstić information content (AvgIpc) is 2.96. The lowest BCUT2D eigenvalue weighted by Gasteiger charge is -2.32. The van der Waals surface area contributed by atoms with Crippen LogP contribution in [0.2, 0.25) is 0 Å². The largest absolute Gasteiger partial charge is 0.497 e. The number of methoxy groups -OCH3 is 1. The van der Waals surface area contributed by atoms with E-state index in [9.17, 15) is 9.90 Å². The Balaban J connectivity index is 1.64. The van der Waals surface area contributed by atoms with Gasteiger partial charge in [-0.15, -0.1) is 0 Å². The van der Waals surface area contributed by atoms with Gasteiger partial charge < -0.3 is 24.5 Å². The monoisotopic (exact) mass is 319 g/mol. The molecule has 1 aromatic carbocycles. The molecule has 0 bridgehead atoms. The van der Waals surface area contributed by atoms with Gasteiger partial charge in [0.25, 0.3) is 0 Å². The summed E-state index contributed by atoms with van der Waals surface area (Å²) in [5, 5.41) is 12.8. The molecule has 1 saturated heterocycles. The van der Waals surface area contributed by atoms with Crippen molar-refractivity contribution in [3.63, 3.8) is 0 Å². The van der Waals surface area contributed by atoms with E-state index in [1.165, 1.54) is 0 Å². The number of aliphatic hydroxyl groups excluding tert-OH is 1. The predicted molar refractivity (Wildman–Crippen MR) is 84.0 cm³/mol. The van der Waals surface area contributed by atoms with Gasteiger partial charge >= 0.3 is 0 Å². The number of aliphatic hydroxyl groups is 1. The fourth-order valence-electron chi connectivity index (χ4n) is 2.81. The zero-order chi connectivity index (χ0) is 16.4. The minimum Gasteiger partial charge on any atom is -0.497 e. The number of nitrogens with one attached hydrogen (secondary N) is 1. The van der Waals surface area contributed by atoms with Crippen molar-refractivity contribution in [3.8, 4) is 5.75 Å².